The predicted octanol–water partition coefficient (Wildman–Crippen LogP) is 4.47. The number of hydrogen-bond donors (Lipinski definition) is 2. The Morgan fingerprint density at radius 3 is 2.84 bits per heavy atom. The number of nitrogens with zero attached hydrogens (tertiary/aromatic N) is 1. The molecule has 0 radical (unpaired) electrons. The summed E-state index contributed by atoms with van der Waals surface area (Å²) in [5.74, 6) is 0.836. The van der Waals surface area contributed by atoms with Gasteiger partial charge in [0.2, 0.25) is 0 Å². The largest absolute Gasteiger partial charge is 0.346 e. The summed E-state index contributed by atoms with van der Waals surface area (Å²) in [4.78, 5) is 16.4. The van der Waals surface area contributed by atoms with Gasteiger partial charge in [0.15, 0.2) is 0 Å². The average molecular weight is 418 g/mol. The van der Waals surface area contributed by atoms with Gasteiger partial charge in [-0.25, -0.2) is 0 Å². The van der Waals surface area contributed by atoms with Crippen molar-refractivity contribution in [3.63, 3.8) is 0 Å². The first-order valence-electron chi connectivity index (χ1n) is 12.0. The summed E-state index contributed by atoms with van der Waals surface area (Å²) in [5.41, 5.74) is 7.13. The summed E-state index contributed by atoms with van der Waals surface area (Å²) in [6.45, 7) is 9.77. The van der Waals surface area contributed by atoms with Crippen LogP contribution in [0.15, 0.2) is 36.4 Å². The highest BCUT2D eigenvalue weighted by molar-refractivity contribution is 5.98. The van der Waals surface area contributed by atoms with Crippen LogP contribution in [0.2, 0.25) is 0 Å². The van der Waals surface area contributed by atoms with Crippen molar-refractivity contribution in [1.82, 2.24) is 15.5 Å². The molecule has 0 aromatic heterocycles. The third-order valence-corrected chi connectivity index (χ3v) is 7.96. The van der Waals surface area contributed by atoms with Crippen LogP contribution in [0.25, 0.3) is 0 Å². The lowest BCUT2D eigenvalue weighted by Crippen LogP contribution is -2.55. The SMILES string of the molecule is Cc1cc2c(c(C(=O)N[C@H](C)c3ccccc3)c1C)[C@H]1C[C@@H]3NCCC[C@@H]3CN1CC2. The van der Waals surface area contributed by atoms with E-state index in [2.05, 4.69) is 54.5 Å². The van der Waals surface area contributed by atoms with Crippen LogP contribution in [0.1, 0.15) is 76.4 Å². The van der Waals surface area contributed by atoms with Gasteiger partial charge in [-0.15, -0.1) is 0 Å². The zero-order valence-electron chi connectivity index (χ0n) is 19.1. The first-order valence-corrected chi connectivity index (χ1v) is 12.0. The summed E-state index contributed by atoms with van der Waals surface area (Å²) in [5, 5.41) is 7.10. The highest BCUT2D eigenvalue weighted by Gasteiger charge is 2.41. The molecule has 31 heavy (non-hydrogen) atoms. The zero-order chi connectivity index (χ0) is 21.5. The van der Waals surface area contributed by atoms with Crippen LogP contribution < -0.4 is 10.6 Å². The van der Waals surface area contributed by atoms with Crippen molar-refractivity contribution in [2.24, 2.45) is 5.92 Å². The minimum atomic E-state index is -0.0142. The predicted molar refractivity (Wildman–Crippen MR) is 125 cm³/mol. The number of piperidine rings is 2. The van der Waals surface area contributed by atoms with Gasteiger partial charge in [-0.3, -0.25) is 9.69 Å². The molecule has 0 spiro atoms. The van der Waals surface area contributed by atoms with Crippen molar-refractivity contribution >= 4 is 5.91 Å². The maximum atomic E-state index is 13.7. The zero-order valence-corrected chi connectivity index (χ0v) is 19.1. The Morgan fingerprint density at radius 1 is 1.23 bits per heavy atom. The second-order valence-corrected chi connectivity index (χ2v) is 9.83. The second-order valence-electron chi connectivity index (χ2n) is 9.83. The first-order chi connectivity index (χ1) is 15.0. The van der Waals surface area contributed by atoms with Gasteiger partial charge in [0.1, 0.15) is 0 Å². The average Bonchev–Trinajstić information content (AvgIpc) is 2.79. The molecule has 5 rings (SSSR count). The van der Waals surface area contributed by atoms with Gasteiger partial charge in [0, 0.05) is 30.7 Å². The van der Waals surface area contributed by atoms with E-state index in [1.54, 1.807) is 0 Å². The molecule has 3 aliphatic rings. The van der Waals surface area contributed by atoms with Crippen LogP contribution in [0, 0.1) is 19.8 Å². The van der Waals surface area contributed by atoms with Crippen LogP contribution in [0.3, 0.4) is 0 Å². The highest BCUT2D eigenvalue weighted by atomic mass is 16.1. The number of amides is 1. The fourth-order valence-corrected chi connectivity index (χ4v) is 6.12. The quantitative estimate of drug-likeness (QED) is 0.775. The van der Waals surface area contributed by atoms with Gasteiger partial charge >= 0.3 is 0 Å². The Balaban J connectivity index is 1.50. The van der Waals surface area contributed by atoms with E-state index >= 15 is 0 Å². The van der Waals surface area contributed by atoms with E-state index in [9.17, 15) is 4.79 Å². The lowest BCUT2D eigenvalue weighted by molar-refractivity contribution is 0.0542. The van der Waals surface area contributed by atoms with Gasteiger partial charge in [0.05, 0.1) is 6.04 Å². The molecule has 2 aromatic carbocycles. The van der Waals surface area contributed by atoms with E-state index in [4.69, 9.17) is 0 Å². The normalized spacial score (nSPS) is 26.4. The Morgan fingerprint density at radius 2 is 2.03 bits per heavy atom. The number of nitrogens with one attached hydrogen (secondary N) is 2. The van der Waals surface area contributed by atoms with E-state index in [-0.39, 0.29) is 11.9 Å². The van der Waals surface area contributed by atoms with Crippen LogP contribution in [0.4, 0.5) is 0 Å². The van der Waals surface area contributed by atoms with Gasteiger partial charge in [0.25, 0.3) is 5.91 Å². The van der Waals surface area contributed by atoms with Crippen molar-refractivity contribution in [3.8, 4) is 0 Å². The molecule has 1 amide bonds. The Bertz CT molecular complexity index is 970. The molecule has 4 heteroatoms. The number of carbonyl (C=O) groups is 1. The Labute approximate surface area is 186 Å². The molecule has 2 saturated heterocycles. The smallest absolute Gasteiger partial charge is 0.252 e. The van der Waals surface area contributed by atoms with Gasteiger partial charge in [-0.2, -0.15) is 0 Å². The van der Waals surface area contributed by atoms with Crippen molar-refractivity contribution < 1.29 is 4.79 Å². The van der Waals surface area contributed by atoms with E-state index in [1.165, 1.54) is 29.5 Å². The molecule has 2 aromatic rings. The fraction of sp³-hybridized carbons (Fsp3) is 0.519. The number of hydrogen-bond acceptors (Lipinski definition) is 3. The number of fused-ring (bicyclic) bond motifs is 4. The molecule has 164 valence electrons. The molecule has 4 atom stereocenters. The molecule has 0 bridgehead atoms. The standard InChI is InChI=1S/C27H35N3O/c1-17-14-21-11-13-30-16-22-10-7-12-28-23(22)15-24(30)26(21)25(18(17)2)27(31)29-19(3)20-8-5-4-6-9-20/h4-6,8-9,14,19,22-24,28H,7,10-13,15-16H2,1-3H3,(H,29,31)/t19-,22-,23+,24-/m1/s1. The molecule has 2 N–H and O–H groups in total. The van der Waals surface area contributed by atoms with E-state index in [1.807, 2.05) is 18.2 Å². The van der Waals surface area contributed by atoms with Crippen LogP contribution in [-0.2, 0) is 6.42 Å². The van der Waals surface area contributed by atoms with Crippen LogP contribution >= 0.6 is 0 Å². The molecule has 4 nitrogen and oxygen atoms in total. The fourth-order valence-electron chi connectivity index (χ4n) is 6.12. The molecular weight excluding hydrogens is 382 g/mol. The van der Waals surface area contributed by atoms with Crippen molar-refractivity contribution in [3.05, 3.63) is 69.8 Å². The molecule has 0 unspecified atom stereocenters. The summed E-state index contributed by atoms with van der Waals surface area (Å²) < 4.78 is 0. The van der Waals surface area contributed by atoms with E-state index < -0.39 is 0 Å². The minimum Gasteiger partial charge on any atom is -0.346 e. The number of aryl methyl sites for hydroxylation is 1. The molecule has 3 aliphatic heterocycles. The van der Waals surface area contributed by atoms with Gasteiger partial charge in [-0.1, -0.05) is 36.4 Å². The van der Waals surface area contributed by atoms with Crippen LogP contribution in [-0.4, -0.2) is 36.5 Å². The maximum Gasteiger partial charge on any atom is 0.252 e. The molecule has 0 saturated carbocycles. The third-order valence-electron chi connectivity index (χ3n) is 7.96. The number of benzene rings is 2. The Kier molecular flexibility index (Phi) is 5.61. The molecule has 2 fully saturated rings. The Hall–Kier alpha value is -2.17. The summed E-state index contributed by atoms with van der Waals surface area (Å²) in [6, 6.07) is 13.5. The maximum absolute atomic E-state index is 13.7. The summed E-state index contributed by atoms with van der Waals surface area (Å²) in [7, 11) is 0. The minimum absolute atomic E-state index is 0.0142. The van der Waals surface area contributed by atoms with Crippen molar-refractivity contribution in [1.29, 1.82) is 0 Å². The third kappa shape index (κ3) is 3.81. The van der Waals surface area contributed by atoms with E-state index in [0.29, 0.717) is 12.1 Å². The van der Waals surface area contributed by atoms with Crippen molar-refractivity contribution in [2.75, 3.05) is 19.6 Å². The lowest BCUT2D eigenvalue weighted by atomic mass is 9.75. The monoisotopic (exact) mass is 417 g/mol. The van der Waals surface area contributed by atoms with Gasteiger partial charge in [-0.05, 0) is 86.7 Å². The van der Waals surface area contributed by atoms with E-state index in [0.717, 1.165) is 55.1 Å². The summed E-state index contributed by atoms with van der Waals surface area (Å²) in [6.07, 6.45) is 4.79. The molecular formula is C27H35N3O. The number of rotatable bonds is 3. The first kappa shape index (κ1) is 20.7. The molecule has 3 heterocycles. The van der Waals surface area contributed by atoms with Gasteiger partial charge < -0.3 is 10.6 Å². The molecule has 0 aliphatic carbocycles. The lowest BCUT2D eigenvalue weighted by Gasteiger charge is -2.49. The second kappa shape index (κ2) is 8.40. The topological polar surface area (TPSA) is 44.4 Å². The van der Waals surface area contributed by atoms with Crippen LogP contribution in [0.5, 0.6) is 0 Å². The van der Waals surface area contributed by atoms with Crippen molar-refractivity contribution in [2.45, 2.75) is 64.6 Å². The number of carbonyl (C=O) groups excluding carboxylic acids is 1. The summed E-state index contributed by atoms with van der Waals surface area (Å²) >= 11 is 0. The highest BCUT2D eigenvalue weighted by Crippen LogP contribution is 2.43.